The average molecular weight is 380 g/mol. The number of hydrogen-bond donors (Lipinski definition) is 2. The van der Waals surface area contributed by atoms with Gasteiger partial charge in [0.1, 0.15) is 0 Å². The van der Waals surface area contributed by atoms with Crippen molar-refractivity contribution < 1.29 is 0 Å². The third-order valence-corrected chi connectivity index (χ3v) is 4.33. The van der Waals surface area contributed by atoms with E-state index in [1.165, 1.54) is 0 Å². The number of halogens is 4. The third kappa shape index (κ3) is 4.38. The number of hydrogen-bond acceptors (Lipinski definition) is 1. The van der Waals surface area contributed by atoms with Gasteiger partial charge in [0.2, 0.25) is 0 Å². The van der Waals surface area contributed by atoms with Crippen LogP contribution in [0.5, 0.6) is 0 Å². The van der Waals surface area contributed by atoms with Crippen LogP contribution in [0.2, 0.25) is 20.1 Å². The van der Waals surface area contributed by atoms with Crippen LogP contribution in [0.4, 0.5) is 11.4 Å². The van der Waals surface area contributed by atoms with Crippen molar-refractivity contribution in [1.82, 2.24) is 0 Å². The summed E-state index contributed by atoms with van der Waals surface area (Å²) in [6, 6.07) is 8.74. The third-order valence-electron chi connectivity index (χ3n) is 2.69. The van der Waals surface area contributed by atoms with Crippen LogP contribution in [0.1, 0.15) is 5.56 Å². The topological polar surface area (TPSA) is 24.1 Å². The van der Waals surface area contributed by atoms with Gasteiger partial charge in [-0.3, -0.25) is 0 Å². The van der Waals surface area contributed by atoms with Crippen molar-refractivity contribution in [3.63, 3.8) is 0 Å². The van der Waals surface area contributed by atoms with E-state index in [1.807, 2.05) is 19.1 Å². The van der Waals surface area contributed by atoms with Gasteiger partial charge in [0.15, 0.2) is 5.11 Å². The Balaban J connectivity index is 2.11. The molecule has 0 saturated carbocycles. The Labute approximate surface area is 148 Å². The van der Waals surface area contributed by atoms with Crippen LogP contribution in [-0.4, -0.2) is 5.11 Å². The summed E-state index contributed by atoms with van der Waals surface area (Å²) in [5.74, 6) is 0. The smallest absolute Gasteiger partial charge is 0.175 e. The molecule has 21 heavy (non-hydrogen) atoms. The molecule has 0 unspecified atom stereocenters. The van der Waals surface area contributed by atoms with Crippen molar-refractivity contribution in [3.8, 4) is 0 Å². The van der Waals surface area contributed by atoms with Gasteiger partial charge in [0.05, 0.1) is 20.8 Å². The standard InChI is InChI=1S/C14H10Cl4N2S/c1-7-2-3-8(4-9(7)15)19-14(21)20-13-6-11(17)10(16)5-12(13)18/h2-6H,1H3,(H2,19,20,21). The van der Waals surface area contributed by atoms with Gasteiger partial charge in [-0.25, -0.2) is 0 Å². The Morgan fingerprint density at radius 2 is 1.52 bits per heavy atom. The first kappa shape index (κ1) is 16.7. The van der Waals surface area contributed by atoms with Gasteiger partial charge >= 0.3 is 0 Å². The minimum atomic E-state index is 0.371. The molecule has 0 heterocycles. The lowest BCUT2D eigenvalue weighted by Crippen LogP contribution is -2.19. The van der Waals surface area contributed by atoms with Gasteiger partial charge in [-0.1, -0.05) is 52.5 Å². The van der Waals surface area contributed by atoms with Gasteiger partial charge in [0.25, 0.3) is 0 Å². The lowest BCUT2D eigenvalue weighted by molar-refractivity contribution is 1.46. The fraction of sp³-hybridized carbons (Fsp3) is 0.0714. The summed E-state index contributed by atoms with van der Waals surface area (Å²) in [7, 11) is 0. The fourth-order valence-corrected chi connectivity index (χ4v) is 2.58. The van der Waals surface area contributed by atoms with E-state index in [1.54, 1.807) is 18.2 Å². The zero-order valence-corrected chi connectivity index (χ0v) is 14.6. The van der Waals surface area contributed by atoms with E-state index in [-0.39, 0.29) is 0 Å². The second kappa shape index (κ2) is 7.03. The van der Waals surface area contributed by atoms with E-state index in [0.717, 1.165) is 11.3 Å². The molecule has 0 radical (unpaired) electrons. The van der Waals surface area contributed by atoms with Gasteiger partial charge in [-0.2, -0.15) is 0 Å². The predicted molar refractivity (Wildman–Crippen MR) is 97.5 cm³/mol. The molecule has 2 aromatic rings. The molecule has 0 aliphatic rings. The predicted octanol–water partition coefficient (Wildman–Crippen LogP) is 6.42. The highest BCUT2D eigenvalue weighted by Crippen LogP contribution is 2.32. The van der Waals surface area contributed by atoms with Crippen LogP contribution >= 0.6 is 58.6 Å². The van der Waals surface area contributed by atoms with Crippen molar-refractivity contribution in [3.05, 3.63) is 56.0 Å². The van der Waals surface area contributed by atoms with Gasteiger partial charge < -0.3 is 10.6 Å². The molecule has 2 N–H and O–H groups in total. The molecule has 0 spiro atoms. The van der Waals surface area contributed by atoms with Crippen LogP contribution in [0.15, 0.2) is 30.3 Å². The number of aryl methyl sites for hydroxylation is 1. The van der Waals surface area contributed by atoms with Crippen molar-refractivity contribution in [2.45, 2.75) is 6.92 Å². The van der Waals surface area contributed by atoms with E-state index >= 15 is 0 Å². The maximum atomic E-state index is 6.08. The van der Waals surface area contributed by atoms with Crippen molar-refractivity contribution in [1.29, 1.82) is 0 Å². The molecule has 2 rings (SSSR count). The summed E-state index contributed by atoms with van der Waals surface area (Å²) < 4.78 is 0. The first-order chi connectivity index (χ1) is 9.86. The highest BCUT2D eigenvalue weighted by Gasteiger charge is 2.08. The number of nitrogens with one attached hydrogen (secondary N) is 2. The second-order valence-electron chi connectivity index (χ2n) is 4.29. The number of rotatable bonds is 2. The second-order valence-corrected chi connectivity index (χ2v) is 6.33. The first-order valence-electron chi connectivity index (χ1n) is 5.85. The first-order valence-corrected chi connectivity index (χ1v) is 7.77. The molecular formula is C14H10Cl4N2S. The summed E-state index contributed by atoms with van der Waals surface area (Å²) in [5, 5.41) is 8.22. The van der Waals surface area contributed by atoms with Gasteiger partial charge in [0, 0.05) is 10.7 Å². The van der Waals surface area contributed by atoms with Crippen LogP contribution in [-0.2, 0) is 0 Å². The maximum absolute atomic E-state index is 6.08. The molecule has 0 bridgehead atoms. The number of anilines is 2. The molecule has 7 heteroatoms. The van der Waals surface area contributed by atoms with E-state index in [9.17, 15) is 0 Å². The molecule has 0 aliphatic heterocycles. The SMILES string of the molecule is Cc1ccc(NC(=S)Nc2cc(Cl)c(Cl)cc2Cl)cc1Cl. The largest absolute Gasteiger partial charge is 0.332 e. The van der Waals surface area contributed by atoms with Crippen LogP contribution in [0, 0.1) is 6.92 Å². The lowest BCUT2D eigenvalue weighted by Gasteiger charge is -2.13. The highest BCUT2D eigenvalue weighted by molar-refractivity contribution is 7.80. The van der Waals surface area contributed by atoms with E-state index in [4.69, 9.17) is 58.6 Å². The molecule has 2 aromatic carbocycles. The summed E-state index contributed by atoms with van der Waals surface area (Å²) in [6.45, 7) is 1.93. The fourth-order valence-electron chi connectivity index (χ4n) is 1.57. The van der Waals surface area contributed by atoms with Crippen molar-refractivity contribution in [2.24, 2.45) is 0 Å². The lowest BCUT2D eigenvalue weighted by atomic mass is 10.2. The Bertz CT molecular complexity index is 704. The van der Waals surface area contributed by atoms with Crippen molar-refractivity contribution in [2.75, 3.05) is 10.6 Å². The van der Waals surface area contributed by atoms with E-state index in [0.29, 0.717) is 30.9 Å². The van der Waals surface area contributed by atoms with E-state index in [2.05, 4.69) is 10.6 Å². The summed E-state index contributed by atoms with van der Waals surface area (Å²) in [5.41, 5.74) is 2.34. The highest BCUT2D eigenvalue weighted by atomic mass is 35.5. The quantitative estimate of drug-likeness (QED) is 0.465. The Morgan fingerprint density at radius 1 is 0.857 bits per heavy atom. The van der Waals surface area contributed by atoms with Crippen LogP contribution < -0.4 is 10.6 Å². The molecule has 0 fully saturated rings. The molecular weight excluding hydrogens is 370 g/mol. The maximum Gasteiger partial charge on any atom is 0.175 e. The average Bonchev–Trinajstić information content (AvgIpc) is 2.40. The number of thiocarbonyl (C=S) groups is 1. The Hall–Kier alpha value is -0.710. The van der Waals surface area contributed by atoms with Crippen molar-refractivity contribution >= 4 is 75.1 Å². The molecule has 0 saturated heterocycles. The van der Waals surface area contributed by atoms with E-state index < -0.39 is 0 Å². The number of benzene rings is 2. The molecule has 2 nitrogen and oxygen atoms in total. The molecule has 0 aliphatic carbocycles. The van der Waals surface area contributed by atoms with Gasteiger partial charge in [-0.15, -0.1) is 0 Å². The molecule has 0 atom stereocenters. The summed E-state index contributed by atoms with van der Waals surface area (Å²) in [4.78, 5) is 0. The Morgan fingerprint density at radius 3 is 2.19 bits per heavy atom. The summed E-state index contributed by atoms with van der Waals surface area (Å²) in [6.07, 6.45) is 0. The zero-order valence-electron chi connectivity index (χ0n) is 10.8. The zero-order chi connectivity index (χ0) is 15.6. The minimum Gasteiger partial charge on any atom is -0.332 e. The normalized spacial score (nSPS) is 10.3. The molecule has 0 amide bonds. The summed E-state index contributed by atoms with van der Waals surface area (Å²) >= 11 is 29.2. The molecule has 110 valence electrons. The Kier molecular flexibility index (Phi) is 5.58. The minimum absolute atomic E-state index is 0.371. The van der Waals surface area contributed by atoms with Crippen LogP contribution in [0.25, 0.3) is 0 Å². The monoisotopic (exact) mass is 378 g/mol. The van der Waals surface area contributed by atoms with Gasteiger partial charge in [-0.05, 0) is 49.0 Å². The van der Waals surface area contributed by atoms with Crippen LogP contribution in [0.3, 0.4) is 0 Å². The molecule has 0 aromatic heterocycles.